The molecule has 0 aliphatic carbocycles. The van der Waals surface area contributed by atoms with Crippen molar-refractivity contribution >= 4 is 35.6 Å². The van der Waals surface area contributed by atoms with Gasteiger partial charge in [-0.2, -0.15) is 0 Å². The number of halogens is 1. The third kappa shape index (κ3) is 6.78. The molecular weight excluding hydrogens is 481 g/mol. The van der Waals surface area contributed by atoms with Crippen LogP contribution >= 0.6 is 24.0 Å². The predicted molar refractivity (Wildman–Crippen MR) is 127 cm³/mol. The van der Waals surface area contributed by atoms with E-state index in [2.05, 4.69) is 46.5 Å². The molecule has 0 spiro atoms. The number of morpholine rings is 1. The normalized spacial score (nSPS) is 16.6. The van der Waals surface area contributed by atoms with Gasteiger partial charge in [-0.3, -0.25) is 14.3 Å². The van der Waals surface area contributed by atoms with Crippen LogP contribution in [0.4, 0.5) is 0 Å². The fourth-order valence-electron chi connectivity index (χ4n) is 3.54. The highest BCUT2D eigenvalue weighted by Crippen LogP contribution is 2.13. The van der Waals surface area contributed by atoms with Crippen LogP contribution in [0.25, 0.3) is 5.65 Å². The largest absolute Gasteiger partial charge is 0.379 e. The van der Waals surface area contributed by atoms with Crippen molar-refractivity contribution in [3.05, 3.63) is 30.2 Å². The van der Waals surface area contributed by atoms with E-state index in [1.807, 2.05) is 28.8 Å². The topological polar surface area (TPSA) is 79.1 Å². The highest BCUT2D eigenvalue weighted by atomic mass is 127. The zero-order chi connectivity index (χ0) is 19.8. The monoisotopic (exact) mass is 515 g/mol. The number of guanidine groups is 1. The van der Waals surface area contributed by atoms with Gasteiger partial charge in [0.1, 0.15) is 5.82 Å². The molecular formula is C20H34IN7O. The van der Waals surface area contributed by atoms with Crippen molar-refractivity contribution in [1.29, 1.82) is 0 Å². The van der Waals surface area contributed by atoms with Crippen molar-refractivity contribution < 1.29 is 4.74 Å². The lowest BCUT2D eigenvalue weighted by molar-refractivity contribution is 0.00867. The van der Waals surface area contributed by atoms with Crippen molar-refractivity contribution in [1.82, 2.24) is 30.1 Å². The maximum Gasteiger partial charge on any atom is 0.191 e. The first kappa shape index (κ1) is 23.8. The minimum atomic E-state index is 0. The molecule has 3 heterocycles. The molecule has 1 unspecified atom stereocenters. The van der Waals surface area contributed by atoms with Gasteiger partial charge in [0.05, 0.1) is 19.8 Å². The van der Waals surface area contributed by atoms with Crippen molar-refractivity contribution in [2.45, 2.75) is 33.2 Å². The molecule has 29 heavy (non-hydrogen) atoms. The van der Waals surface area contributed by atoms with Crippen molar-refractivity contribution in [2.24, 2.45) is 10.9 Å². The summed E-state index contributed by atoms with van der Waals surface area (Å²) in [7, 11) is 0. The summed E-state index contributed by atoms with van der Waals surface area (Å²) in [4.78, 5) is 7.36. The van der Waals surface area contributed by atoms with Crippen LogP contribution in [0.15, 0.2) is 29.4 Å². The van der Waals surface area contributed by atoms with Crippen LogP contribution in [0.5, 0.6) is 0 Å². The van der Waals surface area contributed by atoms with E-state index in [-0.39, 0.29) is 24.0 Å². The molecule has 9 heteroatoms. The number of aliphatic imine (C=N–C) groups is 1. The fourth-order valence-corrected chi connectivity index (χ4v) is 3.54. The first-order chi connectivity index (χ1) is 13.7. The van der Waals surface area contributed by atoms with Gasteiger partial charge in [-0.15, -0.1) is 34.2 Å². The first-order valence-electron chi connectivity index (χ1n) is 10.3. The Kier molecular flexibility index (Phi) is 10.1. The summed E-state index contributed by atoms with van der Waals surface area (Å²) in [6, 6.07) is 6.37. The molecule has 1 saturated heterocycles. The van der Waals surface area contributed by atoms with Gasteiger partial charge in [-0.1, -0.05) is 19.9 Å². The van der Waals surface area contributed by atoms with Gasteiger partial charge in [-0.05, 0) is 25.0 Å². The molecule has 2 N–H and O–H groups in total. The van der Waals surface area contributed by atoms with Gasteiger partial charge < -0.3 is 15.4 Å². The lowest BCUT2D eigenvalue weighted by Gasteiger charge is -2.36. The number of hydrogen-bond acceptors (Lipinski definition) is 5. The Morgan fingerprint density at radius 3 is 2.72 bits per heavy atom. The van der Waals surface area contributed by atoms with E-state index >= 15 is 0 Å². The van der Waals surface area contributed by atoms with E-state index in [9.17, 15) is 0 Å². The second-order valence-electron chi connectivity index (χ2n) is 7.40. The molecule has 1 aliphatic heterocycles. The quantitative estimate of drug-likeness (QED) is 0.317. The number of rotatable bonds is 8. The molecule has 1 atom stereocenters. The Balaban J connectivity index is 0.00000300. The van der Waals surface area contributed by atoms with Crippen LogP contribution in [0.3, 0.4) is 0 Å². The minimum Gasteiger partial charge on any atom is -0.379 e. The Hall–Kier alpha value is -1.46. The summed E-state index contributed by atoms with van der Waals surface area (Å²) >= 11 is 0. The van der Waals surface area contributed by atoms with Gasteiger partial charge >= 0.3 is 0 Å². The van der Waals surface area contributed by atoms with Gasteiger partial charge in [0.25, 0.3) is 0 Å². The number of hydrogen-bond donors (Lipinski definition) is 2. The Bertz CT molecular complexity index is 758. The molecule has 0 saturated carbocycles. The summed E-state index contributed by atoms with van der Waals surface area (Å²) in [5, 5.41) is 15.3. The van der Waals surface area contributed by atoms with E-state index < -0.39 is 0 Å². The first-order valence-corrected chi connectivity index (χ1v) is 10.3. The molecule has 3 rings (SSSR count). The summed E-state index contributed by atoms with van der Waals surface area (Å²) in [5.41, 5.74) is 0.878. The number of aromatic nitrogens is 3. The number of fused-ring (bicyclic) bond motifs is 1. The molecule has 8 nitrogen and oxygen atoms in total. The van der Waals surface area contributed by atoms with Gasteiger partial charge in [0.2, 0.25) is 0 Å². The lowest BCUT2D eigenvalue weighted by atomic mass is 10.0. The lowest BCUT2D eigenvalue weighted by Crippen LogP contribution is -2.48. The van der Waals surface area contributed by atoms with E-state index in [4.69, 9.17) is 9.73 Å². The van der Waals surface area contributed by atoms with Crippen molar-refractivity contribution in [2.75, 3.05) is 45.9 Å². The maximum absolute atomic E-state index is 5.50. The SMILES string of the molecule is CCNC(=NCC(C(C)C)N1CCOCC1)NCCc1nnc2ccccn12.I. The second-order valence-corrected chi connectivity index (χ2v) is 7.40. The van der Waals surface area contributed by atoms with E-state index in [0.717, 1.165) is 69.8 Å². The number of nitrogens with one attached hydrogen (secondary N) is 2. The van der Waals surface area contributed by atoms with Crippen molar-refractivity contribution in [3.8, 4) is 0 Å². The van der Waals surface area contributed by atoms with Gasteiger partial charge in [0.15, 0.2) is 11.6 Å². The molecule has 0 radical (unpaired) electrons. The standard InChI is InChI=1S/C20H33N7O.HI/c1-4-21-20(23-15-17(16(2)3)26-11-13-28-14-12-26)22-9-8-19-25-24-18-7-5-6-10-27(18)19;/h5-7,10,16-17H,4,8-9,11-15H2,1-3H3,(H2,21,22,23);1H. The van der Waals surface area contributed by atoms with Crippen LogP contribution in [0, 0.1) is 5.92 Å². The molecule has 2 aromatic rings. The molecule has 162 valence electrons. The Labute approximate surface area is 190 Å². The molecule has 1 aliphatic rings. The summed E-state index contributed by atoms with van der Waals surface area (Å²) in [5.74, 6) is 2.36. The number of pyridine rings is 1. The van der Waals surface area contributed by atoms with Crippen LogP contribution in [0.2, 0.25) is 0 Å². The van der Waals surface area contributed by atoms with Crippen LogP contribution in [-0.2, 0) is 11.2 Å². The molecule has 0 bridgehead atoms. The van der Waals surface area contributed by atoms with Crippen LogP contribution in [-0.4, -0.2) is 77.4 Å². The average Bonchev–Trinajstić information content (AvgIpc) is 3.12. The minimum absolute atomic E-state index is 0. The smallest absolute Gasteiger partial charge is 0.191 e. The number of nitrogens with zero attached hydrogens (tertiary/aromatic N) is 5. The Morgan fingerprint density at radius 2 is 2.00 bits per heavy atom. The zero-order valence-corrected chi connectivity index (χ0v) is 20.0. The summed E-state index contributed by atoms with van der Waals surface area (Å²) < 4.78 is 7.52. The third-order valence-corrected chi connectivity index (χ3v) is 5.09. The second kappa shape index (κ2) is 12.3. The van der Waals surface area contributed by atoms with E-state index in [1.165, 1.54) is 0 Å². The van der Waals surface area contributed by atoms with E-state index in [1.54, 1.807) is 0 Å². The zero-order valence-electron chi connectivity index (χ0n) is 17.7. The molecule has 1 fully saturated rings. The number of ether oxygens (including phenoxy) is 1. The van der Waals surface area contributed by atoms with Crippen molar-refractivity contribution in [3.63, 3.8) is 0 Å². The van der Waals surface area contributed by atoms with Crippen LogP contribution in [0.1, 0.15) is 26.6 Å². The maximum atomic E-state index is 5.50. The summed E-state index contributed by atoms with van der Waals surface area (Å²) in [6.45, 7) is 12.6. The highest BCUT2D eigenvalue weighted by molar-refractivity contribution is 14.0. The van der Waals surface area contributed by atoms with E-state index in [0.29, 0.717) is 12.0 Å². The summed E-state index contributed by atoms with van der Waals surface area (Å²) in [6.07, 6.45) is 2.78. The highest BCUT2D eigenvalue weighted by Gasteiger charge is 2.23. The fraction of sp³-hybridized carbons (Fsp3) is 0.650. The van der Waals surface area contributed by atoms with Crippen LogP contribution < -0.4 is 10.6 Å². The third-order valence-electron chi connectivity index (χ3n) is 5.09. The Morgan fingerprint density at radius 1 is 1.21 bits per heavy atom. The predicted octanol–water partition coefficient (Wildman–Crippen LogP) is 1.80. The average molecular weight is 515 g/mol. The molecule has 2 aromatic heterocycles. The van der Waals surface area contributed by atoms with Gasteiger partial charge in [0, 0.05) is 44.8 Å². The molecule has 0 amide bonds. The van der Waals surface area contributed by atoms with Gasteiger partial charge in [-0.25, -0.2) is 0 Å². The molecule has 0 aromatic carbocycles.